The fourth-order valence-electron chi connectivity index (χ4n) is 2.81. The topological polar surface area (TPSA) is 63.4 Å². The number of rotatable bonds is 1. The molecule has 0 amide bonds. The van der Waals surface area contributed by atoms with Gasteiger partial charge in [0.2, 0.25) is 0 Å². The lowest BCUT2D eigenvalue weighted by atomic mass is 9.95. The van der Waals surface area contributed by atoms with E-state index in [0.717, 1.165) is 0 Å². The maximum Gasteiger partial charge on any atom is 0.393 e. The second-order valence-electron chi connectivity index (χ2n) is 5.18. The second-order valence-corrected chi connectivity index (χ2v) is 7.34. The molecular formula is C10H17F3N2O2S. The summed E-state index contributed by atoms with van der Waals surface area (Å²) >= 11 is 0. The van der Waals surface area contributed by atoms with Gasteiger partial charge in [-0.25, -0.2) is 8.42 Å². The van der Waals surface area contributed by atoms with Crippen LogP contribution in [0.3, 0.4) is 0 Å². The molecule has 0 saturated carbocycles. The second kappa shape index (κ2) is 4.64. The summed E-state index contributed by atoms with van der Waals surface area (Å²) in [7, 11) is -3.19. The van der Waals surface area contributed by atoms with Crippen LogP contribution in [0.15, 0.2) is 0 Å². The summed E-state index contributed by atoms with van der Waals surface area (Å²) < 4.78 is 60.9. The van der Waals surface area contributed by atoms with E-state index in [1.54, 1.807) is 4.90 Å². The number of alkyl halides is 3. The van der Waals surface area contributed by atoms with E-state index >= 15 is 0 Å². The molecule has 8 heteroatoms. The first-order valence-corrected chi connectivity index (χ1v) is 7.78. The molecule has 2 N–H and O–H groups in total. The minimum Gasteiger partial charge on any atom is -0.325 e. The minimum absolute atomic E-state index is 0.112. The molecule has 2 saturated heterocycles. The molecule has 0 spiro atoms. The number of hydrogen-bond acceptors (Lipinski definition) is 4. The number of halogens is 3. The lowest BCUT2D eigenvalue weighted by Crippen LogP contribution is -2.52. The van der Waals surface area contributed by atoms with Crippen molar-refractivity contribution in [2.24, 2.45) is 11.7 Å². The Morgan fingerprint density at radius 2 is 1.89 bits per heavy atom. The Hall–Kier alpha value is -0.340. The first kappa shape index (κ1) is 14.1. The van der Waals surface area contributed by atoms with Crippen LogP contribution >= 0.6 is 0 Å². The van der Waals surface area contributed by atoms with Crippen molar-refractivity contribution in [2.75, 3.05) is 24.6 Å². The van der Waals surface area contributed by atoms with Gasteiger partial charge in [-0.1, -0.05) is 0 Å². The SMILES string of the molecule is NC1CS(=O)(=O)CC1N1CCCC(C(F)(F)F)C1. The molecule has 2 rings (SSSR count). The predicted molar refractivity (Wildman–Crippen MR) is 60.8 cm³/mol. The van der Waals surface area contributed by atoms with Crippen LogP contribution in [-0.4, -0.2) is 56.2 Å². The largest absolute Gasteiger partial charge is 0.393 e. The monoisotopic (exact) mass is 286 g/mol. The van der Waals surface area contributed by atoms with Crippen LogP contribution in [0.1, 0.15) is 12.8 Å². The lowest BCUT2D eigenvalue weighted by molar-refractivity contribution is -0.188. The zero-order valence-electron chi connectivity index (χ0n) is 9.86. The highest BCUT2D eigenvalue weighted by molar-refractivity contribution is 7.91. The van der Waals surface area contributed by atoms with E-state index < -0.39 is 34.0 Å². The molecule has 2 heterocycles. The summed E-state index contributed by atoms with van der Waals surface area (Å²) in [5, 5.41) is 0. The molecule has 2 aliphatic heterocycles. The van der Waals surface area contributed by atoms with Crippen molar-refractivity contribution in [3.8, 4) is 0 Å². The van der Waals surface area contributed by atoms with Gasteiger partial charge in [0.1, 0.15) is 0 Å². The maximum absolute atomic E-state index is 12.7. The third-order valence-corrected chi connectivity index (χ3v) is 5.49. The van der Waals surface area contributed by atoms with Gasteiger partial charge in [-0.2, -0.15) is 13.2 Å². The van der Waals surface area contributed by atoms with Crippen molar-refractivity contribution in [2.45, 2.75) is 31.1 Å². The molecule has 3 unspecified atom stereocenters. The highest BCUT2D eigenvalue weighted by Crippen LogP contribution is 2.34. The standard InChI is InChI=1S/C10H17F3N2O2S/c11-10(12,13)7-2-1-3-15(4-7)9-6-18(16,17)5-8(9)14/h7-9H,1-6,14H2. The minimum atomic E-state index is -4.21. The Bertz CT molecular complexity index is 410. The van der Waals surface area contributed by atoms with Crippen molar-refractivity contribution >= 4 is 9.84 Å². The lowest BCUT2D eigenvalue weighted by Gasteiger charge is -2.38. The molecule has 0 bridgehead atoms. The Labute approximate surface area is 104 Å². The van der Waals surface area contributed by atoms with E-state index in [9.17, 15) is 21.6 Å². The number of sulfone groups is 1. The highest BCUT2D eigenvalue weighted by Gasteiger charge is 2.46. The van der Waals surface area contributed by atoms with Crippen molar-refractivity contribution in [3.05, 3.63) is 0 Å². The van der Waals surface area contributed by atoms with Crippen molar-refractivity contribution < 1.29 is 21.6 Å². The summed E-state index contributed by atoms with van der Waals surface area (Å²) in [6.45, 7) is 0.373. The molecule has 3 atom stereocenters. The summed E-state index contributed by atoms with van der Waals surface area (Å²) in [5.41, 5.74) is 5.74. The average Bonchev–Trinajstić information content (AvgIpc) is 2.51. The molecule has 0 radical (unpaired) electrons. The molecule has 2 aliphatic rings. The molecule has 0 aliphatic carbocycles. The van der Waals surface area contributed by atoms with Crippen molar-refractivity contribution in [1.82, 2.24) is 4.90 Å². The Kier molecular flexibility index (Phi) is 3.63. The van der Waals surface area contributed by atoms with Gasteiger partial charge in [0.15, 0.2) is 9.84 Å². The Morgan fingerprint density at radius 1 is 1.22 bits per heavy atom. The zero-order valence-corrected chi connectivity index (χ0v) is 10.7. The third kappa shape index (κ3) is 2.97. The van der Waals surface area contributed by atoms with Gasteiger partial charge in [-0.15, -0.1) is 0 Å². The molecule has 0 aromatic heterocycles. The number of likely N-dealkylation sites (tertiary alicyclic amines) is 1. The van der Waals surface area contributed by atoms with Crippen LogP contribution in [0.25, 0.3) is 0 Å². The van der Waals surface area contributed by atoms with Crippen molar-refractivity contribution in [3.63, 3.8) is 0 Å². The van der Waals surface area contributed by atoms with Crippen LogP contribution < -0.4 is 5.73 Å². The van der Waals surface area contributed by atoms with E-state index in [1.165, 1.54) is 0 Å². The van der Waals surface area contributed by atoms with Crippen LogP contribution in [0.2, 0.25) is 0 Å². The quantitative estimate of drug-likeness (QED) is 0.757. The van der Waals surface area contributed by atoms with E-state index in [4.69, 9.17) is 5.73 Å². The Morgan fingerprint density at radius 3 is 2.39 bits per heavy atom. The summed E-state index contributed by atoms with van der Waals surface area (Å²) in [6.07, 6.45) is -3.65. The number of piperidine rings is 1. The van der Waals surface area contributed by atoms with Crippen LogP contribution in [0.4, 0.5) is 13.2 Å². The first-order chi connectivity index (χ1) is 8.19. The third-order valence-electron chi connectivity index (χ3n) is 3.75. The molecule has 4 nitrogen and oxygen atoms in total. The Balaban J connectivity index is 2.06. The summed E-state index contributed by atoms with van der Waals surface area (Å²) in [5.74, 6) is -1.59. The molecule has 18 heavy (non-hydrogen) atoms. The molecule has 2 fully saturated rings. The van der Waals surface area contributed by atoms with Crippen LogP contribution in [-0.2, 0) is 9.84 Å². The summed E-state index contributed by atoms with van der Waals surface area (Å²) in [4.78, 5) is 1.61. The number of nitrogens with two attached hydrogens (primary N) is 1. The zero-order chi connectivity index (χ0) is 13.6. The summed E-state index contributed by atoms with van der Waals surface area (Å²) in [6, 6.07) is -1.03. The number of hydrogen-bond donors (Lipinski definition) is 1. The normalized spacial score (nSPS) is 37.9. The van der Waals surface area contributed by atoms with E-state index in [1.807, 2.05) is 0 Å². The van der Waals surface area contributed by atoms with Gasteiger partial charge < -0.3 is 5.73 Å². The van der Waals surface area contributed by atoms with E-state index in [-0.39, 0.29) is 24.5 Å². The predicted octanol–water partition coefficient (Wildman–Crippen LogP) is 0.385. The smallest absolute Gasteiger partial charge is 0.325 e. The van der Waals surface area contributed by atoms with Gasteiger partial charge in [0, 0.05) is 18.6 Å². The van der Waals surface area contributed by atoms with Gasteiger partial charge in [-0.3, -0.25) is 4.90 Å². The van der Waals surface area contributed by atoms with E-state index in [0.29, 0.717) is 13.0 Å². The number of nitrogens with zero attached hydrogens (tertiary/aromatic N) is 1. The molecular weight excluding hydrogens is 269 g/mol. The molecule has 0 aromatic carbocycles. The fraction of sp³-hybridized carbons (Fsp3) is 1.00. The van der Waals surface area contributed by atoms with Gasteiger partial charge >= 0.3 is 6.18 Å². The fourth-order valence-corrected chi connectivity index (χ4v) is 4.73. The average molecular weight is 286 g/mol. The maximum atomic E-state index is 12.7. The highest BCUT2D eigenvalue weighted by atomic mass is 32.2. The first-order valence-electron chi connectivity index (χ1n) is 5.96. The molecule has 106 valence electrons. The van der Waals surface area contributed by atoms with Gasteiger partial charge in [0.25, 0.3) is 0 Å². The van der Waals surface area contributed by atoms with Gasteiger partial charge in [-0.05, 0) is 19.4 Å². The van der Waals surface area contributed by atoms with Crippen LogP contribution in [0.5, 0.6) is 0 Å². The van der Waals surface area contributed by atoms with Crippen LogP contribution in [0, 0.1) is 5.92 Å². The van der Waals surface area contributed by atoms with Gasteiger partial charge in [0.05, 0.1) is 17.4 Å². The van der Waals surface area contributed by atoms with Crippen molar-refractivity contribution in [1.29, 1.82) is 0 Å². The molecule has 0 aromatic rings. The van der Waals surface area contributed by atoms with E-state index in [2.05, 4.69) is 0 Å².